The summed E-state index contributed by atoms with van der Waals surface area (Å²) in [6.45, 7) is 3.76. The van der Waals surface area contributed by atoms with E-state index < -0.39 is 10.8 Å². The predicted molar refractivity (Wildman–Crippen MR) is 61.8 cm³/mol. The first-order chi connectivity index (χ1) is 6.68. The Bertz CT molecular complexity index is 312. The summed E-state index contributed by atoms with van der Waals surface area (Å²) in [5.74, 6) is 0.728. The Morgan fingerprint density at radius 2 is 2.21 bits per heavy atom. The highest BCUT2D eigenvalue weighted by Crippen LogP contribution is 2.02. The zero-order valence-electron chi connectivity index (χ0n) is 8.75. The quantitative estimate of drug-likeness (QED) is 0.747. The van der Waals surface area contributed by atoms with E-state index in [4.69, 9.17) is 0 Å². The summed E-state index contributed by atoms with van der Waals surface area (Å²) in [6, 6.07) is 8.41. The molecule has 0 saturated heterocycles. The minimum absolute atomic E-state index is 0.690. The van der Waals surface area contributed by atoms with Crippen molar-refractivity contribution in [3.63, 3.8) is 0 Å². The molecule has 14 heavy (non-hydrogen) atoms. The normalized spacial score (nSPS) is 12.7. The lowest BCUT2D eigenvalue weighted by atomic mass is 10.1. The zero-order valence-corrected chi connectivity index (χ0v) is 9.56. The Labute approximate surface area is 88.2 Å². The molecule has 1 aromatic rings. The molecule has 1 atom stereocenters. The van der Waals surface area contributed by atoms with E-state index in [0.29, 0.717) is 0 Å². The van der Waals surface area contributed by atoms with Gasteiger partial charge in [-0.1, -0.05) is 29.8 Å². The summed E-state index contributed by atoms with van der Waals surface area (Å²) >= 11 is 0. The first kappa shape index (κ1) is 11.4. The van der Waals surface area contributed by atoms with Gasteiger partial charge in [-0.15, -0.1) is 0 Å². The number of hydrogen-bond acceptors (Lipinski definition) is 2. The Hall–Kier alpha value is -0.670. The van der Waals surface area contributed by atoms with Gasteiger partial charge in [0.1, 0.15) is 0 Å². The van der Waals surface area contributed by atoms with Crippen LogP contribution in [0.15, 0.2) is 24.3 Å². The monoisotopic (exact) mass is 211 g/mol. The van der Waals surface area contributed by atoms with E-state index in [2.05, 4.69) is 36.5 Å². The van der Waals surface area contributed by atoms with Crippen molar-refractivity contribution < 1.29 is 4.21 Å². The van der Waals surface area contributed by atoms with E-state index >= 15 is 0 Å². The molecule has 1 N–H and O–H groups in total. The number of rotatable bonds is 5. The summed E-state index contributed by atoms with van der Waals surface area (Å²) < 4.78 is 10.8. The number of benzene rings is 1. The van der Waals surface area contributed by atoms with Crippen molar-refractivity contribution in [2.45, 2.75) is 13.5 Å². The van der Waals surface area contributed by atoms with Crippen LogP contribution in [0.4, 0.5) is 0 Å². The molecule has 2 nitrogen and oxygen atoms in total. The average Bonchev–Trinajstić information content (AvgIpc) is 2.12. The third-order valence-corrected chi connectivity index (χ3v) is 2.76. The SMILES string of the molecule is Cc1cccc(CNCC[S@@](C)=O)c1. The first-order valence-corrected chi connectivity index (χ1v) is 6.47. The van der Waals surface area contributed by atoms with Crippen molar-refractivity contribution in [3.8, 4) is 0 Å². The standard InChI is InChI=1S/C11H17NOS/c1-10-4-3-5-11(8-10)9-12-6-7-14(2)13/h3-5,8,12H,6-7,9H2,1-2H3/t14-/m1/s1. The third-order valence-electron chi connectivity index (χ3n) is 1.98. The summed E-state index contributed by atoms with van der Waals surface area (Å²) in [4.78, 5) is 0. The summed E-state index contributed by atoms with van der Waals surface area (Å²) in [5.41, 5.74) is 2.57. The molecule has 0 fully saturated rings. The molecule has 0 amide bonds. The summed E-state index contributed by atoms with van der Waals surface area (Å²) in [5, 5.41) is 3.27. The fourth-order valence-electron chi connectivity index (χ4n) is 1.27. The molecule has 3 heteroatoms. The molecular formula is C11H17NOS. The highest BCUT2D eigenvalue weighted by atomic mass is 32.2. The molecule has 78 valence electrons. The molecule has 1 aromatic carbocycles. The fraction of sp³-hybridized carbons (Fsp3) is 0.455. The van der Waals surface area contributed by atoms with Crippen LogP contribution in [0.25, 0.3) is 0 Å². The Kier molecular flexibility index (Phi) is 4.84. The molecule has 0 aromatic heterocycles. The van der Waals surface area contributed by atoms with Crippen molar-refractivity contribution in [3.05, 3.63) is 35.4 Å². The summed E-state index contributed by atoms with van der Waals surface area (Å²) in [6.07, 6.45) is 1.73. The van der Waals surface area contributed by atoms with Crippen molar-refractivity contribution >= 4 is 10.8 Å². The Morgan fingerprint density at radius 1 is 1.43 bits per heavy atom. The molecular weight excluding hydrogens is 194 g/mol. The van der Waals surface area contributed by atoms with E-state index in [1.165, 1.54) is 11.1 Å². The topological polar surface area (TPSA) is 29.1 Å². The maximum absolute atomic E-state index is 10.8. The first-order valence-electron chi connectivity index (χ1n) is 4.75. The molecule has 1 rings (SSSR count). The van der Waals surface area contributed by atoms with Gasteiger partial charge >= 0.3 is 0 Å². The number of nitrogens with one attached hydrogen (secondary N) is 1. The smallest absolute Gasteiger partial charge is 0.0357 e. The van der Waals surface area contributed by atoms with Gasteiger partial charge in [-0.2, -0.15) is 0 Å². The molecule has 0 radical (unpaired) electrons. The molecule has 0 aliphatic heterocycles. The van der Waals surface area contributed by atoms with Crippen molar-refractivity contribution in [2.75, 3.05) is 18.6 Å². The van der Waals surface area contributed by atoms with E-state index in [1.807, 2.05) is 0 Å². The lowest BCUT2D eigenvalue weighted by Crippen LogP contribution is -2.19. The van der Waals surface area contributed by atoms with Crippen LogP contribution in [0.2, 0.25) is 0 Å². The van der Waals surface area contributed by atoms with Gasteiger partial charge in [-0.3, -0.25) is 4.21 Å². The van der Waals surface area contributed by atoms with Crippen molar-refractivity contribution in [1.82, 2.24) is 5.32 Å². The molecule has 0 spiro atoms. The molecule has 0 aliphatic carbocycles. The average molecular weight is 211 g/mol. The zero-order chi connectivity index (χ0) is 10.4. The van der Waals surface area contributed by atoms with Crippen LogP contribution in [0.1, 0.15) is 11.1 Å². The Morgan fingerprint density at radius 3 is 2.86 bits per heavy atom. The van der Waals surface area contributed by atoms with Gasteiger partial charge in [-0.05, 0) is 12.5 Å². The van der Waals surface area contributed by atoms with Crippen molar-refractivity contribution in [2.24, 2.45) is 0 Å². The minimum Gasteiger partial charge on any atom is -0.312 e. The molecule has 0 saturated carbocycles. The van der Waals surface area contributed by atoms with Gasteiger partial charge in [0.25, 0.3) is 0 Å². The molecule has 0 unspecified atom stereocenters. The van der Waals surface area contributed by atoms with Crippen LogP contribution >= 0.6 is 0 Å². The van der Waals surface area contributed by atoms with Crippen LogP contribution < -0.4 is 5.32 Å². The van der Waals surface area contributed by atoms with Crippen LogP contribution in [-0.4, -0.2) is 22.8 Å². The van der Waals surface area contributed by atoms with Gasteiger partial charge in [0.15, 0.2) is 0 Å². The van der Waals surface area contributed by atoms with Gasteiger partial charge < -0.3 is 5.32 Å². The fourth-order valence-corrected chi connectivity index (χ4v) is 1.70. The second kappa shape index (κ2) is 5.94. The Balaban J connectivity index is 2.28. The minimum atomic E-state index is -0.690. The van der Waals surface area contributed by atoms with Crippen LogP contribution in [0.5, 0.6) is 0 Å². The van der Waals surface area contributed by atoms with Crippen LogP contribution in [0.3, 0.4) is 0 Å². The largest absolute Gasteiger partial charge is 0.312 e. The van der Waals surface area contributed by atoms with Crippen molar-refractivity contribution in [1.29, 1.82) is 0 Å². The molecule has 0 heterocycles. The number of aryl methyl sites for hydroxylation is 1. The van der Waals surface area contributed by atoms with E-state index in [1.54, 1.807) is 6.26 Å². The lowest BCUT2D eigenvalue weighted by Gasteiger charge is -2.04. The second-order valence-electron chi connectivity index (χ2n) is 3.44. The lowest BCUT2D eigenvalue weighted by molar-refractivity contribution is 0.676. The van der Waals surface area contributed by atoms with Crippen LogP contribution in [0, 0.1) is 6.92 Å². The summed E-state index contributed by atoms with van der Waals surface area (Å²) in [7, 11) is -0.690. The van der Waals surface area contributed by atoms with Gasteiger partial charge in [-0.25, -0.2) is 0 Å². The van der Waals surface area contributed by atoms with Gasteiger partial charge in [0, 0.05) is 35.9 Å². The van der Waals surface area contributed by atoms with E-state index in [0.717, 1.165) is 18.8 Å². The highest BCUT2D eigenvalue weighted by molar-refractivity contribution is 7.84. The van der Waals surface area contributed by atoms with Crippen LogP contribution in [-0.2, 0) is 17.3 Å². The maximum Gasteiger partial charge on any atom is 0.0357 e. The highest BCUT2D eigenvalue weighted by Gasteiger charge is 1.93. The molecule has 0 aliphatic rings. The van der Waals surface area contributed by atoms with Gasteiger partial charge in [0.2, 0.25) is 0 Å². The predicted octanol–water partition coefficient (Wildman–Crippen LogP) is 1.46. The van der Waals surface area contributed by atoms with E-state index in [9.17, 15) is 4.21 Å². The van der Waals surface area contributed by atoms with E-state index in [-0.39, 0.29) is 0 Å². The third kappa shape index (κ3) is 4.53. The number of hydrogen-bond donors (Lipinski definition) is 1. The maximum atomic E-state index is 10.8. The van der Waals surface area contributed by atoms with Gasteiger partial charge in [0.05, 0.1) is 0 Å². The second-order valence-corrected chi connectivity index (χ2v) is 5.00. The molecule has 0 bridgehead atoms.